The summed E-state index contributed by atoms with van der Waals surface area (Å²) in [7, 11) is 3.49. The maximum absolute atomic E-state index is 12.1. The van der Waals surface area contributed by atoms with Gasteiger partial charge in [0.15, 0.2) is 0 Å². The zero-order valence-electron chi connectivity index (χ0n) is 12.1. The molecule has 1 aromatic heterocycles. The Morgan fingerprint density at radius 2 is 1.90 bits per heavy atom. The van der Waals surface area contributed by atoms with E-state index in [4.69, 9.17) is 0 Å². The summed E-state index contributed by atoms with van der Waals surface area (Å²) in [4.78, 5) is 33.2. The lowest BCUT2D eigenvalue weighted by molar-refractivity contribution is -0.130. The van der Waals surface area contributed by atoms with Gasteiger partial charge in [-0.15, -0.1) is 5.10 Å². The van der Waals surface area contributed by atoms with Crippen molar-refractivity contribution in [3.05, 3.63) is 11.6 Å². The smallest absolute Gasteiger partial charge is 0.293 e. The van der Waals surface area contributed by atoms with E-state index in [1.165, 1.54) is 0 Å². The number of piperazine rings is 1. The van der Waals surface area contributed by atoms with Crippen molar-refractivity contribution in [2.75, 3.05) is 46.8 Å². The Morgan fingerprint density at radius 1 is 1.25 bits per heavy atom. The van der Waals surface area contributed by atoms with Gasteiger partial charge in [0, 0.05) is 40.3 Å². The van der Waals surface area contributed by atoms with Crippen molar-refractivity contribution in [1.82, 2.24) is 29.9 Å². The van der Waals surface area contributed by atoms with Crippen molar-refractivity contribution >= 4 is 11.8 Å². The summed E-state index contributed by atoms with van der Waals surface area (Å²) in [6.07, 6.45) is 0. The molecule has 110 valence electrons. The van der Waals surface area contributed by atoms with Gasteiger partial charge in [0.25, 0.3) is 5.91 Å². The zero-order valence-corrected chi connectivity index (χ0v) is 12.1. The summed E-state index contributed by atoms with van der Waals surface area (Å²) < 4.78 is 0. The van der Waals surface area contributed by atoms with Crippen LogP contribution in [-0.2, 0) is 4.79 Å². The van der Waals surface area contributed by atoms with Crippen molar-refractivity contribution in [3.63, 3.8) is 0 Å². The summed E-state index contributed by atoms with van der Waals surface area (Å²) >= 11 is 0. The number of nitrogens with one attached hydrogen (secondary N) is 1. The molecule has 1 saturated heterocycles. The highest BCUT2D eigenvalue weighted by Gasteiger charge is 2.25. The maximum atomic E-state index is 12.1. The van der Waals surface area contributed by atoms with Crippen LogP contribution in [0.3, 0.4) is 0 Å². The lowest BCUT2D eigenvalue weighted by atomic mass is 10.3. The average molecular weight is 280 g/mol. The topological polar surface area (TPSA) is 85.4 Å². The standard InChI is InChI=1S/C12H20N6O2/c1-9-13-11(15-14-9)12(20)18-6-4-17(5-7-18)8-10(19)16(2)3/h4-8H2,1-3H3,(H,13,14,15). The first kappa shape index (κ1) is 14.4. The van der Waals surface area contributed by atoms with Crippen LogP contribution in [-0.4, -0.2) is 88.5 Å². The van der Waals surface area contributed by atoms with Crippen LogP contribution in [0.15, 0.2) is 0 Å². The summed E-state index contributed by atoms with van der Waals surface area (Å²) in [6, 6.07) is 0. The number of aryl methyl sites for hydroxylation is 1. The zero-order chi connectivity index (χ0) is 14.7. The Kier molecular flexibility index (Phi) is 4.33. The van der Waals surface area contributed by atoms with Gasteiger partial charge < -0.3 is 9.80 Å². The average Bonchev–Trinajstić information content (AvgIpc) is 2.85. The lowest BCUT2D eigenvalue weighted by Crippen LogP contribution is -2.51. The normalized spacial score (nSPS) is 16.2. The van der Waals surface area contributed by atoms with Crippen LogP contribution in [0, 0.1) is 6.92 Å². The molecule has 1 aliphatic heterocycles. The summed E-state index contributed by atoms with van der Waals surface area (Å²) in [5.41, 5.74) is 0. The van der Waals surface area contributed by atoms with Crippen LogP contribution in [0.1, 0.15) is 16.4 Å². The molecule has 2 rings (SSSR count). The number of nitrogens with zero attached hydrogens (tertiary/aromatic N) is 5. The van der Waals surface area contributed by atoms with Crippen LogP contribution in [0.2, 0.25) is 0 Å². The minimum Gasteiger partial charge on any atom is -0.348 e. The Balaban J connectivity index is 1.85. The Bertz CT molecular complexity index is 490. The Labute approximate surface area is 117 Å². The van der Waals surface area contributed by atoms with E-state index in [1.54, 1.807) is 30.8 Å². The lowest BCUT2D eigenvalue weighted by Gasteiger charge is -2.34. The largest absolute Gasteiger partial charge is 0.348 e. The molecule has 0 radical (unpaired) electrons. The van der Waals surface area contributed by atoms with Crippen LogP contribution in [0.4, 0.5) is 0 Å². The van der Waals surface area contributed by atoms with E-state index >= 15 is 0 Å². The number of likely N-dealkylation sites (N-methyl/N-ethyl adjacent to an activating group) is 1. The molecular weight excluding hydrogens is 260 g/mol. The van der Waals surface area contributed by atoms with Crippen LogP contribution >= 0.6 is 0 Å². The minimum atomic E-state index is -0.159. The van der Waals surface area contributed by atoms with Gasteiger partial charge in [0.05, 0.1) is 6.54 Å². The molecule has 0 unspecified atom stereocenters. The number of carbonyl (C=O) groups is 2. The van der Waals surface area contributed by atoms with Gasteiger partial charge in [-0.25, -0.2) is 4.98 Å². The molecule has 0 aliphatic carbocycles. The van der Waals surface area contributed by atoms with Gasteiger partial charge in [0.1, 0.15) is 5.82 Å². The molecule has 1 aliphatic rings. The first-order valence-corrected chi connectivity index (χ1v) is 6.58. The number of aromatic amines is 1. The van der Waals surface area contributed by atoms with E-state index in [1.807, 2.05) is 0 Å². The monoisotopic (exact) mass is 280 g/mol. The third kappa shape index (κ3) is 3.32. The molecule has 1 N–H and O–H groups in total. The molecule has 0 atom stereocenters. The van der Waals surface area contributed by atoms with Crippen molar-refractivity contribution in [2.45, 2.75) is 6.92 Å². The van der Waals surface area contributed by atoms with Gasteiger partial charge in [-0.3, -0.25) is 19.6 Å². The molecule has 2 heterocycles. The van der Waals surface area contributed by atoms with E-state index in [0.29, 0.717) is 38.5 Å². The molecule has 8 nitrogen and oxygen atoms in total. The summed E-state index contributed by atoms with van der Waals surface area (Å²) in [5.74, 6) is 0.756. The molecule has 0 bridgehead atoms. The SMILES string of the molecule is Cc1nc(C(=O)N2CCN(CC(=O)N(C)C)CC2)n[nH]1. The first-order valence-electron chi connectivity index (χ1n) is 6.58. The maximum Gasteiger partial charge on any atom is 0.293 e. The molecule has 2 amide bonds. The molecule has 0 aromatic carbocycles. The highest BCUT2D eigenvalue weighted by Crippen LogP contribution is 2.06. The second-order valence-electron chi connectivity index (χ2n) is 5.10. The second-order valence-corrected chi connectivity index (χ2v) is 5.10. The van der Waals surface area contributed by atoms with Gasteiger partial charge in [-0.1, -0.05) is 0 Å². The van der Waals surface area contributed by atoms with Crippen LogP contribution in [0.25, 0.3) is 0 Å². The van der Waals surface area contributed by atoms with Crippen LogP contribution in [0.5, 0.6) is 0 Å². The fraction of sp³-hybridized carbons (Fsp3) is 0.667. The van der Waals surface area contributed by atoms with E-state index in [9.17, 15) is 9.59 Å². The van der Waals surface area contributed by atoms with Crippen molar-refractivity contribution in [3.8, 4) is 0 Å². The van der Waals surface area contributed by atoms with Gasteiger partial charge in [0.2, 0.25) is 11.7 Å². The van der Waals surface area contributed by atoms with E-state index in [2.05, 4.69) is 20.1 Å². The second kappa shape index (κ2) is 6.00. The third-order valence-corrected chi connectivity index (χ3v) is 3.31. The molecular formula is C12H20N6O2. The first-order chi connectivity index (χ1) is 9.47. The number of hydrogen-bond acceptors (Lipinski definition) is 5. The quantitative estimate of drug-likeness (QED) is 0.764. The highest BCUT2D eigenvalue weighted by molar-refractivity contribution is 5.90. The van der Waals surface area contributed by atoms with Crippen molar-refractivity contribution < 1.29 is 9.59 Å². The van der Waals surface area contributed by atoms with Crippen molar-refractivity contribution in [2.24, 2.45) is 0 Å². The number of amides is 2. The van der Waals surface area contributed by atoms with Gasteiger partial charge >= 0.3 is 0 Å². The molecule has 1 aromatic rings. The summed E-state index contributed by atoms with van der Waals surface area (Å²) in [6.45, 7) is 4.72. The predicted octanol–water partition coefficient (Wildman–Crippen LogP) is -1.04. The molecule has 1 fully saturated rings. The summed E-state index contributed by atoms with van der Waals surface area (Å²) in [5, 5.41) is 6.55. The fourth-order valence-electron chi connectivity index (χ4n) is 2.02. The number of carbonyl (C=O) groups excluding carboxylic acids is 2. The number of aromatic nitrogens is 3. The highest BCUT2D eigenvalue weighted by atomic mass is 16.2. The van der Waals surface area contributed by atoms with E-state index in [0.717, 1.165) is 0 Å². The molecule has 20 heavy (non-hydrogen) atoms. The number of rotatable bonds is 3. The van der Waals surface area contributed by atoms with Crippen LogP contribution < -0.4 is 0 Å². The van der Waals surface area contributed by atoms with E-state index in [-0.39, 0.29) is 17.6 Å². The predicted molar refractivity (Wildman–Crippen MR) is 72.2 cm³/mol. The third-order valence-electron chi connectivity index (χ3n) is 3.31. The minimum absolute atomic E-state index is 0.0781. The van der Waals surface area contributed by atoms with E-state index < -0.39 is 0 Å². The fourth-order valence-corrected chi connectivity index (χ4v) is 2.02. The van der Waals surface area contributed by atoms with Gasteiger partial charge in [-0.2, -0.15) is 0 Å². The molecule has 0 saturated carbocycles. The van der Waals surface area contributed by atoms with Crippen molar-refractivity contribution in [1.29, 1.82) is 0 Å². The van der Waals surface area contributed by atoms with Gasteiger partial charge in [-0.05, 0) is 6.92 Å². The molecule has 0 spiro atoms. The molecule has 8 heteroatoms. The Morgan fingerprint density at radius 3 is 2.40 bits per heavy atom. The number of hydrogen-bond donors (Lipinski definition) is 1. The Hall–Kier alpha value is -1.96. The number of H-pyrrole nitrogens is 1.